The summed E-state index contributed by atoms with van der Waals surface area (Å²) in [7, 11) is 0. The molecule has 0 saturated carbocycles. The van der Waals surface area contributed by atoms with Crippen LogP contribution in [0.5, 0.6) is 0 Å². The molecular weight excluding hydrogens is 254 g/mol. The highest BCUT2D eigenvalue weighted by molar-refractivity contribution is 5.96. The van der Waals surface area contributed by atoms with E-state index in [0.717, 1.165) is 11.1 Å². The molecule has 0 saturated heterocycles. The molecule has 0 aliphatic carbocycles. The Morgan fingerprint density at radius 2 is 2.10 bits per heavy atom. The number of oxime groups is 1. The minimum Gasteiger partial charge on any atom is -0.409 e. The van der Waals surface area contributed by atoms with Crippen molar-refractivity contribution in [1.29, 1.82) is 0 Å². The minimum atomic E-state index is -0.186. The first-order valence-corrected chi connectivity index (χ1v) is 6.74. The lowest BCUT2D eigenvalue weighted by molar-refractivity contribution is 0.0753. The molecule has 1 aromatic carbocycles. The smallest absolute Gasteiger partial charge is 0.254 e. The summed E-state index contributed by atoms with van der Waals surface area (Å²) >= 11 is 0. The van der Waals surface area contributed by atoms with Crippen molar-refractivity contribution >= 4 is 11.7 Å². The van der Waals surface area contributed by atoms with Gasteiger partial charge < -0.3 is 15.8 Å². The summed E-state index contributed by atoms with van der Waals surface area (Å²) in [5, 5.41) is 11.7. The molecule has 5 heteroatoms. The molecule has 0 heterocycles. The van der Waals surface area contributed by atoms with Gasteiger partial charge in [-0.2, -0.15) is 0 Å². The maximum absolute atomic E-state index is 12.6. The normalized spacial score (nSPS) is 13.1. The molecule has 1 amide bonds. The van der Waals surface area contributed by atoms with Gasteiger partial charge in [0.2, 0.25) is 0 Å². The predicted molar refractivity (Wildman–Crippen MR) is 80.1 cm³/mol. The molecule has 3 N–H and O–H groups in total. The molecule has 0 aromatic heterocycles. The van der Waals surface area contributed by atoms with Crippen LogP contribution in [0, 0.1) is 19.8 Å². The lowest BCUT2D eigenvalue weighted by Gasteiger charge is -2.25. The molecule has 5 nitrogen and oxygen atoms in total. The zero-order valence-electron chi connectivity index (χ0n) is 12.6. The van der Waals surface area contributed by atoms with Crippen LogP contribution in [0.2, 0.25) is 0 Å². The van der Waals surface area contributed by atoms with E-state index in [0.29, 0.717) is 18.7 Å². The largest absolute Gasteiger partial charge is 0.409 e. The standard InChI is InChI=1S/C15H23N3O2/c1-5-18(9-12(4)14(16)17-20)15(19)13-8-10(2)6-7-11(13)3/h6-8,12,20H,5,9H2,1-4H3,(H2,16,17). The van der Waals surface area contributed by atoms with E-state index in [1.165, 1.54) is 0 Å². The zero-order chi connectivity index (χ0) is 15.3. The van der Waals surface area contributed by atoms with Crippen molar-refractivity contribution < 1.29 is 10.0 Å². The SMILES string of the molecule is CCN(CC(C)C(N)=NO)C(=O)c1cc(C)ccc1C. The Hall–Kier alpha value is -2.04. The lowest BCUT2D eigenvalue weighted by Crippen LogP contribution is -2.39. The number of benzene rings is 1. The van der Waals surface area contributed by atoms with Gasteiger partial charge in [-0.3, -0.25) is 4.79 Å². The van der Waals surface area contributed by atoms with E-state index in [9.17, 15) is 4.79 Å². The van der Waals surface area contributed by atoms with E-state index < -0.39 is 0 Å². The highest BCUT2D eigenvalue weighted by atomic mass is 16.4. The van der Waals surface area contributed by atoms with Crippen molar-refractivity contribution in [3.8, 4) is 0 Å². The number of aryl methyl sites for hydroxylation is 2. The Kier molecular flexibility index (Phi) is 5.55. The second kappa shape index (κ2) is 6.93. The number of carbonyl (C=O) groups excluding carboxylic acids is 1. The molecule has 0 fully saturated rings. The fraction of sp³-hybridized carbons (Fsp3) is 0.467. The highest BCUT2D eigenvalue weighted by Crippen LogP contribution is 2.14. The van der Waals surface area contributed by atoms with Gasteiger partial charge >= 0.3 is 0 Å². The summed E-state index contributed by atoms with van der Waals surface area (Å²) in [5.41, 5.74) is 8.29. The van der Waals surface area contributed by atoms with Gasteiger partial charge in [0.15, 0.2) is 0 Å². The number of rotatable bonds is 5. The van der Waals surface area contributed by atoms with Gasteiger partial charge in [-0.15, -0.1) is 0 Å². The third-order valence-corrected chi connectivity index (χ3v) is 3.41. The van der Waals surface area contributed by atoms with Crippen molar-refractivity contribution in [3.05, 3.63) is 34.9 Å². The van der Waals surface area contributed by atoms with Crippen LogP contribution < -0.4 is 5.73 Å². The van der Waals surface area contributed by atoms with Crippen LogP contribution in [0.3, 0.4) is 0 Å². The molecular formula is C15H23N3O2. The molecule has 0 aliphatic heterocycles. The number of nitrogens with two attached hydrogens (primary N) is 1. The second-order valence-electron chi connectivity index (χ2n) is 5.09. The van der Waals surface area contributed by atoms with E-state index in [1.807, 2.05) is 45.9 Å². The topological polar surface area (TPSA) is 78.9 Å². The quantitative estimate of drug-likeness (QED) is 0.374. The molecule has 110 valence electrons. The maximum Gasteiger partial charge on any atom is 0.254 e. The fourth-order valence-corrected chi connectivity index (χ4v) is 2.01. The molecule has 1 aromatic rings. The average molecular weight is 277 g/mol. The third kappa shape index (κ3) is 3.73. The molecule has 20 heavy (non-hydrogen) atoms. The molecule has 1 atom stereocenters. The van der Waals surface area contributed by atoms with Crippen LogP contribution in [0.4, 0.5) is 0 Å². The highest BCUT2D eigenvalue weighted by Gasteiger charge is 2.20. The van der Waals surface area contributed by atoms with Gasteiger partial charge in [0.25, 0.3) is 5.91 Å². The summed E-state index contributed by atoms with van der Waals surface area (Å²) in [4.78, 5) is 14.3. The summed E-state index contributed by atoms with van der Waals surface area (Å²) in [5.74, 6) is -0.0717. The van der Waals surface area contributed by atoms with Crippen LogP contribution >= 0.6 is 0 Å². The van der Waals surface area contributed by atoms with Crippen LogP contribution in [0.25, 0.3) is 0 Å². The molecule has 0 radical (unpaired) electrons. The van der Waals surface area contributed by atoms with Gasteiger partial charge in [0.1, 0.15) is 5.84 Å². The first-order chi connectivity index (χ1) is 9.40. The van der Waals surface area contributed by atoms with E-state index in [1.54, 1.807) is 4.90 Å². The van der Waals surface area contributed by atoms with Gasteiger partial charge in [-0.1, -0.05) is 29.8 Å². The Morgan fingerprint density at radius 1 is 1.45 bits per heavy atom. The Bertz CT molecular complexity index is 512. The van der Waals surface area contributed by atoms with Gasteiger partial charge in [-0.05, 0) is 32.4 Å². The second-order valence-corrected chi connectivity index (χ2v) is 5.09. The summed E-state index contributed by atoms with van der Waals surface area (Å²) in [6.45, 7) is 8.64. The van der Waals surface area contributed by atoms with Crippen molar-refractivity contribution in [1.82, 2.24) is 4.90 Å². The summed E-state index contributed by atoms with van der Waals surface area (Å²) in [6, 6.07) is 5.83. The number of hydrogen-bond acceptors (Lipinski definition) is 3. The average Bonchev–Trinajstić information content (AvgIpc) is 2.45. The van der Waals surface area contributed by atoms with Gasteiger partial charge in [-0.25, -0.2) is 0 Å². The molecule has 0 aliphatic rings. The van der Waals surface area contributed by atoms with Crippen molar-refractivity contribution in [2.24, 2.45) is 16.8 Å². The van der Waals surface area contributed by atoms with Crippen molar-refractivity contribution in [3.63, 3.8) is 0 Å². The van der Waals surface area contributed by atoms with E-state index in [4.69, 9.17) is 10.9 Å². The zero-order valence-corrected chi connectivity index (χ0v) is 12.6. The number of nitrogens with zero attached hydrogens (tertiary/aromatic N) is 2. The van der Waals surface area contributed by atoms with E-state index >= 15 is 0 Å². The number of hydrogen-bond donors (Lipinski definition) is 2. The number of amides is 1. The van der Waals surface area contributed by atoms with Crippen molar-refractivity contribution in [2.75, 3.05) is 13.1 Å². The Balaban J connectivity index is 2.95. The number of carbonyl (C=O) groups is 1. The monoisotopic (exact) mass is 277 g/mol. The molecule has 1 unspecified atom stereocenters. The maximum atomic E-state index is 12.6. The first-order valence-electron chi connectivity index (χ1n) is 6.74. The van der Waals surface area contributed by atoms with Crippen LogP contribution in [0.15, 0.2) is 23.4 Å². The van der Waals surface area contributed by atoms with Crippen LogP contribution in [-0.2, 0) is 0 Å². The Morgan fingerprint density at radius 3 is 2.65 bits per heavy atom. The minimum absolute atomic E-state index is 0.0220. The first kappa shape index (κ1) is 16.0. The summed E-state index contributed by atoms with van der Waals surface area (Å²) in [6.07, 6.45) is 0. The molecule has 0 bridgehead atoms. The van der Waals surface area contributed by atoms with Gasteiger partial charge in [0.05, 0.1) is 0 Å². The van der Waals surface area contributed by atoms with Crippen LogP contribution in [0.1, 0.15) is 35.3 Å². The van der Waals surface area contributed by atoms with Crippen LogP contribution in [-0.4, -0.2) is 34.9 Å². The Labute approximate surface area is 120 Å². The lowest BCUT2D eigenvalue weighted by atomic mass is 10.0. The van der Waals surface area contributed by atoms with Crippen molar-refractivity contribution in [2.45, 2.75) is 27.7 Å². The van der Waals surface area contributed by atoms with E-state index in [2.05, 4.69) is 5.16 Å². The van der Waals surface area contributed by atoms with Gasteiger partial charge in [0, 0.05) is 24.6 Å². The third-order valence-electron chi connectivity index (χ3n) is 3.41. The van der Waals surface area contributed by atoms with E-state index in [-0.39, 0.29) is 17.7 Å². The summed E-state index contributed by atoms with van der Waals surface area (Å²) < 4.78 is 0. The molecule has 0 spiro atoms. The number of amidine groups is 1. The molecule has 1 rings (SSSR count). The predicted octanol–water partition coefficient (Wildman–Crippen LogP) is 2.15. The fourth-order valence-electron chi connectivity index (χ4n) is 2.01.